The average Bonchev–Trinajstić information content (AvgIpc) is 2.75. The molecule has 0 atom stereocenters. The third-order valence-corrected chi connectivity index (χ3v) is 3.87. The first-order valence-corrected chi connectivity index (χ1v) is 7.37. The van der Waals surface area contributed by atoms with Gasteiger partial charge in [0.25, 0.3) is 0 Å². The molecule has 1 N–H and O–H groups in total. The minimum Gasteiger partial charge on any atom is -0.508 e. The minimum atomic E-state index is -0.463. The zero-order valence-electron chi connectivity index (χ0n) is 12.4. The van der Waals surface area contributed by atoms with Crippen molar-refractivity contribution in [3.05, 3.63) is 30.0 Å². The Morgan fingerprint density at radius 2 is 2.05 bits per heavy atom. The van der Waals surface area contributed by atoms with Crippen LogP contribution in [0.15, 0.2) is 24.3 Å². The molecule has 0 unspecified atom stereocenters. The van der Waals surface area contributed by atoms with Crippen LogP contribution in [-0.4, -0.2) is 46.1 Å². The fourth-order valence-corrected chi connectivity index (χ4v) is 2.60. The quantitative estimate of drug-likeness (QED) is 0.874. The van der Waals surface area contributed by atoms with Crippen molar-refractivity contribution in [3.8, 4) is 5.75 Å². The maximum atomic E-state index is 12.2. The predicted octanol–water partition coefficient (Wildman–Crippen LogP) is 1.76. The monoisotopic (exact) mass is 302 g/mol. The second-order valence-corrected chi connectivity index (χ2v) is 5.31. The van der Waals surface area contributed by atoms with Gasteiger partial charge in [-0.25, -0.2) is 4.79 Å². The van der Waals surface area contributed by atoms with Gasteiger partial charge in [0.1, 0.15) is 18.0 Å². The number of amides is 1. The van der Waals surface area contributed by atoms with E-state index in [0.717, 1.165) is 25.0 Å². The number of fused-ring (bicyclic) bond motifs is 1. The molecule has 1 aliphatic rings. The maximum absolute atomic E-state index is 12.2. The van der Waals surface area contributed by atoms with Gasteiger partial charge in [0.2, 0.25) is 5.91 Å². The van der Waals surface area contributed by atoms with Gasteiger partial charge in [-0.3, -0.25) is 4.79 Å². The molecular formula is C16H18N2O4. The molecule has 1 saturated heterocycles. The Hall–Kier alpha value is -2.50. The largest absolute Gasteiger partial charge is 0.508 e. The van der Waals surface area contributed by atoms with Crippen LogP contribution in [0.1, 0.15) is 23.8 Å². The smallest absolute Gasteiger partial charge is 0.354 e. The second-order valence-electron chi connectivity index (χ2n) is 5.31. The van der Waals surface area contributed by atoms with Crippen molar-refractivity contribution >= 4 is 22.8 Å². The Kier molecular flexibility index (Phi) is 3.75. The molecule has 22 heavy (non-hydrogen) atoms. The van der Waals surface area contributed by atoms with E-state index in [1.807, 2.05) is 0 Å². The molecular weight excluding hydrogens is 284 g/mol. The number of aromatic hydroxyl groups is 1. The van der Waals surface area contributed by atoms with Crippen molar-refractivity contribution in [2.24, 2.45) is 0 Å². The van der Waals surface area contributed by atoms with Gasteiger partial charge in [0.05, 0.1) is 6.61 Å². The molecule has 0 spiro atoms. The lowest BCUT2D eigenvalue weighted by Crippen LogP contribution is -2.43. The van der Waals surface area contributed by atoms with E-state index in [1.165, 1.54) is 0 Å². The number of likely N-dealkylation sites (tertiary alicyclic amines) is 1. The summed E-state index contributed by atoms with van der Waals surface area (Å²) >= 11 is 0. The molecule has 0 bridgehead atoms. The highest BCUT2D eigenvalue weighted by Crippen LogP contribution is 2.25. The second kappa shape index (κ2) is 5.71. The van der Waals surface area contributed by atoms with E-state index in [-0.39, 0.29) is 24.8 Å². The van der Waals surface area contributed by atoms with Crippen LogP contribution in [-0.2, 0) is 16.1 Å². The number of rotatable bonds is 4. The zero-order valence-corrected chi connectivity index (χ0v) is 12.4. The number of phenolic OH excluding ortho intramolecular Hbond substituents is 1. The Labute approximate surface area is 127 Å². The third kappa shape index (κ3) is 2.52. The lowest BCUT2D eigenvalue weighted by atomic mass is 10.2. The van der Waals surface area contributed by atoms with Crippen molar-refractivity contribution in [2.75, 3.05) is 19.7 Å². The molecule has 2 heterocycles. The number of hydrogen-bond acceptors (Lipinski definition) is 4. The Balaban J connectivity index is 2.01. The van der Waals surface area contributed by atoms with Crippen LogP contribution in [0.3, 0.4) is 0 Å². The van der Waals surface area contributed by atoms with Gasteiger partial charge in [-0.05, 0) is 37.6 Å². The van der Waals surface area contributed by atoms with Gasteiger partial charge in [-0.2, -0.15) is 0 Å². The molecule has 1 amide bonds. The summed E-state index contributed by atoms with van der Waals surface area (Å²) in [5, 5.41) is 10.3. The summed E-state index contributed by atoms with van der Waals surface area (Å²) in [6.07, 6.45) is 1.02. The van der Waals surface area contributed by atoms with E-state index >= 15 is 0 Å². The summed E-state index contributed by atoms with van der Waals surface area (Å²) in [4.78, 5) is 26.1. The van der Waals surface area contributed by atoms with Crippen LogP contribution >= 0.6 is 0 Å². The number of phenols is 1. The number of carbonyl (C=O) groups is 2. The minimum absolute atomic E-state index is 0.0117. The van der Waals surface area contributed by atoms with Gasteiger partial charge in [-0.1, -0.05) is 0 Å². The summed E-state index contributed by atoms with van der Waals surface area (Å²) in [5.74, 6) is -0.355. The SMILES string of the molecule is CCOC(=O)c1cc2cc(O)ccc2n1CC(=O)N1CCC1. The Bertz CT molecular complexity index is 731. The van der Waals surface area contributed by atoms with Gasteiger partial charge >= 0.3 is 5.97 Å². The first kappa shape index (κ1) is 14.4. The van der Waals surface area contributed by atoms with Crippen molar-refractivity contribution in [3.63, 3.8) is 0 Å². The first-order chi connectivity index (χ1) is 10.6. The van der Waals surface area contributed by atoms with Crippen LogP contribution in [0, 0.1) is 0 Å². The number of aromatic nitrogens is 1. The number of esters is 1. The standard InChI is InChI=1S/C16H18N2O4/c1-2-22-16(21)14-9-11-8-12(19)4-5-13(11)18(14)10-15(20)17-6-3-7-17/h4-5,8-9,19H,2-3,6-7,10H2,1H3. The summed E-state index contributed by atoms with van der Waals surface area (Å²) < 4.78 is 6.72. The molecule has 3 rings (SSSR count). The normalized spacial score (nSPS) is 14.0. The van der Waals surface area contributed by atoms with E-state index in [1.54, 1.807) is 40.7 Å². The lowest BCUT2D eigenvalue weighted by molar-refractivity contribution is -0.135. The summed E-state index contributed by atoms with van der Waals surface area (Å²) in [7, 11) is 0. The fourth-order valence-electron chi connectivity index (χ4n) is 2.60. The number of ether oxygens (including phenoxy) is 1. The fraction of sp³-hybridized carbons (Fsp3) is 0.375. The molecule has 0 radical (unpaired) electrons. The number of benzene rings is 1. The first-order valence-electron chi connectivity index (χ1n) is 7.37. The van der Waals surface area contributed by atoms with E-state index < -0.39 is 5.97 Å². The van der Waals surface area contributed by atoms with E-state index in [0.29, 0.717) is 11.1 Å². The topological polar surface area (TPSA) is 71.8 Å². The number of nitrogens with zero attached hydrogens (tertiary/aromatic N) is 2. The lowest BCUT2D eigenvalue weighted by Gasteiger charge is -2.31. The maximum Gasteiger partial charge on any atom is 0.354 e. The Morgan fingerprint density at radius 1 is 1.27 bits per heavy atom. The molecule has 1 fully saturated rings. The molecule has 1 aromatic carbocycles. The molecule has 2 aromatic rings. The van der Waals surface area contributed by atoms with Crippen molar-refractivity contribution in [2.45, 2.75) is 19.9 Å². The number of carbonyl (C=O) groups excluding carboxylic acids is 2. The van der Waals surface area contributed by atoms with Gasteiger partial charge in [-0.15, -0.1) is 0 Å². The molecule has 1 aromatic heterocycles. The highest BCUT2D eigenvalue weighted by atomic mass is 16.5. The molecule has 0 saturated carbocycles. The summed E-state index contributed by atoms with van der Waals surface area (Å²) in [6, 6.07) is 6.47. The van der Waals surface area contributed by atoms with Crippen LogP contribution in [0.4, 0.5) is 0 Å². The van der Waals surface area contributed by atoms with Gasteiger partial charge in [0, 0.05) is 24.0 Å². The van der Waals surface area contributed by atoms with Gasteiger partial charge < -0.3 is 19.3 Å². The van der Waals surface area contributed by atoms with Crippen LogP contribution < -0.4 is 0 Å². The molecule has 6 nitrogen and oxygen atoms in total. The van der Waals surface area contributed by atoms with Crippen LogP contribution in [0.5, 0.6) is 5.75 Å². The van der Waals surface area contributed by atoms with Crippen LogP contribution in [0.25, 0.3) is 10.9 Å². The Morgan fingerprint density at radius 3 is 2.68 bits per heavy atom. The van der Waals surface area contributed by atoms with Gasteiger partial charge in [0.15, 0.2) is 0 Å². The van der Waals surface area contributed by atoms with E-state index in [2.05, 4.69) is 0 Å². The highest BCUT2D eigenvalue weighted by molar-refractivity contribution is 5.97. The number of hydrogen-bond donors (Lipinski definition) is 1. The molecule has 116 valence electrons. The van der Waals surface area contributed by atoms with E-state index in [4.69, 9.17) is 4.74 Å². The van der Waals surface area contributed by atoms with Crippen molar-refractivity contribution < 1.29 is 19.4 Å². The van der Waals surface area contributed by atoms with Crippen molar-refractivity contribution in [1.82, 2.24) is 9.47 Å². The summed E-state index contributed by atoms with van der Waals surface area (Å²) in [5.41, 5.74) is 1.06. The predicted molar refractivity (Wildman–Crippen MR) is 80.8 cm³/mol. The molecule has 6 heteroatoms. The van der Waals surface area contributed by atoms with Crippen LogP contribution in [0.2, 0.25) is 0 Å². The summed E-state index contributed by atoms with van der Waals surface area (Å²) in [6.45, 7) is 3.65. The highest BCUT2D eigenvalue weighted by Gasteiger charge is 2.24. The average molecular weight is 302 g/mol. The van der Waals surface area contributed by atoms with Crippen molar-refractivity contribution in [1.29, 1.82) is 0 Å². The molecule has 0 aliphatic carbocycles. The molecule has 1 aliphatic heterocycles. The van der Waals surface area contributed by atoms with E-state index in [9.17, 15) is 14.7 Å². The third-order valence-electron chi connectivity index (χ3n) is 3.87. The zero-order chi connectivity index (χ0) is 15.7.